The molecule has 0 radical (unpaired) electrons. The van der Waals surface area contributed by atoms with Crippen LogP contribution in [0.4, 0.5) is 0 Å². The molecule has 2 aromatic rings. The van der Waals surface area contributed by atoms with Gasteiger partial charge < -0.3 is 0 Å². The second-order valence-electron chi connectivity index (χ2n) is 5.69. The van der Waals surface area contributed by atoms with Crippen LogP contribution in [-0.2, 0) is 12.8 Å². The number of benzene rings is 2. The Hall–Kier alpha value is -1.64. The van der Waals surface area contributed by atoms with Crippen molar-refractivity contribution in [2.75, 3.05) is 0 Å². The summed E-state index contributed by atoms with van der Waals surface area (Å²) in [5, 5.41) is 0. The van der Waals surface area contributed by atoms with Gasteiger partial charge in [-0.2, -0.15) is 0 Å². The summed E-state index contributed by atoms with van der Waals surface area (Å²) in [5.41, 5.74) is 9.62. The maximum Gasteiger partial charge on any atom is 0.0291 e. The fourth-order valence-electron chi connectivity index (χ4n) is 2.77. The molecule has 0 saturated carbocycles. The standard InChI is InChI=1S/C18H24N2/c1-13-8-14(2)10-16(9-13)11-18(20-19)12-17-7-5-4-6-15(17)3/h4-10,18,20H,11-12,19H2,1-3H3. The van der Waals surface area contributed by atoms with Crippen LogP contribution in [0.25, 0.3) is 0 Å². The van der Waals surface area contributed by atoms with E-state index in [2.05, 4.69) is 68.7 Å². The highest BCUT2D eigenvalue weighted by molar-refractivity contribution is 5.30. The number of hydrogen-bond acceptors (Lipinski definition) is 2. The van der Waals surface area contributed by atoms with Gasteiger partial charge in [-0.25, -0.2) is 0 Å². The van der Waals surface area contributed by atoms with Crippen molar-refractivity contribution in [3.63, 3.8) is 0 Å². The highest BCUT2D eigenvalue weighted by Gasteiger charge is 2.10. The van der Waals surface area contributed by atoms with Gasteiger partial charge in [-0.3, -0.25) is 11.3 Å². The van der Waals surface area contributed by atoms with E-state index in [0.717, 1.165) is 12.8 Å². The number of nitrogens with two attached hydrogens (primary N) is 1. The maximum atomic E-state index is 5.74. The van der Waals surface area contributed by atoms with Crippen molar-refractivity contribution in [2.45, 2.75) is 39.7 Å². The lowest BCUT2D eigenvalue weighted by Crippen LogP contribution is -2.38. The van der Waals surface area contributed by atoms with Crippen LogP contribution in [-0.4, -0.2) is 6.04 Å². The van der Waals surface area contributed by atoms with Gasteiger partial charge >= 0.3 is 0 Å². The van der Waals surface area contributed by atoms with Gasteiger partial charge in [0.05, 0.1) is 0 Å². The molecule has 106 valence electrons. The van der Waals surface area contributed by atoms with E-state index >= 15 is 0 Å². The molecule has 0 spiro atoms. The van der Waals surface area contributed by atoms with E-state index in [1.807, 2.05) is 0 Å². The van der Waals surface area contributed by atoms with Gasteiger partial charge in [-0.1, -0.05) is 53.6 Å². The molecule has 0 saturated heterocycles. The number of hydrazine groups is 1. The maximum absolute atomic E-state index is 5.74. The van der Waals surface area contributed by atoms with Crippen molar-refractivity contribution in [3.05, 3.63) is 70.3 Å². The molecule has 0 fully saturated rings. The van der Waals surface area contributed by atoms with E-state index in [-0.39, 0.29) is 6.04 Å². The molecule has 0 aliphatic carbocycles. The molecule has 2 aromatic carbocycles. The molecule has 2 rings (SSSR count). The lowest BCUT2D eigenvalue weighted by atomic mass is 9.95. The molecule has 1 atom stereocenters. The van der Waals surface area contributed by atoms with Crippen LogP contribution in [0.5, 0.6) is 0 Å². The fraction of sp³-hybridized carbons (Fsp3) is 0.333. The van der Waals surface area contributed by atoms with Crippen LogP contribution in [0.15, 0.2) is 42.5 Å². The zero-order valence-electron chi connectivity index (χ0n) is 12.6. The molecule has 0 aliphatic heterocycles. The second-order valence-corrected chi connectivity index (χ2v) is 5.69. The van der Waals surface area contributed by atoms with Crippen molar-refractivity contribution < 1.29 is 0 Å². The van der Waals surface area contributed by atoms with Gasteiger partial charge in [0.1, 0.15) is 0 Å². The SMILES string of the molecule is Cc1cc(C)cc(CC(Cc2ccccc2C)NN)c1. The molecule has 3 N–H and O–H groups in total. The minimum absolute atomic E-state index is 0.261. The first kappa shape index (κ1) is 14.8. The summed E-state index contributed by atoms with van der Waals surface area (Å²) in [6.45, 7) is 6.44. The minimum Gasteiger partial charge on any atom is -0.271 e. The van der Waals surface area contributed by atoms with Crippen molar-refractivity contribution in [1.82, 2.24) is 5.43 Å². The van der Waals surface area contributed by atoms with E-state index in [0.29, 0.717) is 0 Å². The molecule has 1 unspecified atom stereocenters. The first-order valence-corrected chi connectivity index (χ1v) is 7.16. The van der Waals surface area contributed by atoms with E-state index in [4.69, 9.17) is 5.84 Å². The highest BCUT2D eigenvalue weighted by Crippen LogP contribution is 2.15. The Kier molecular flexibility index (Phi) is 4.94. The summed E-state index contributed by atoms with van der Waals surface area (Å²) in [6, 6.07) is 15.5. The van der Waals surface area contributed by atoms with Gasteiger partial charge in [0.25, 0.3) is 0 Å². The predicted octanol–water partition coefficient (Wildman–Crippen LogP) is 3.23. The molecule has 20 heavy (non-hydrogen) atoms. The summed E-state index contributed by atoms with van der Waals surface area (Å²) in [7, 11) is 0. The summed E-state index contributed by atoms with van der Waals surface area (Å²) in [6.07, 6.45) is 1.91. The Balaban J connectivity index is 2.11. The summed E-state index contributed by atoms with van der Waals surface area (Å²) in [5.74, 6) is 5.74. The predicted molar refractivity (Wildman–Crippen MR) is 85.6 cm³/mol. The lowest BCUT2D eigenvalue weighted by molar-refractivity contribution is 0.521. The lowest BCUT2D eigenvalue weighted by Gasteiger charge is -2.18. The van der Waals surface area contributed by atoms with Crippen molar-refractivity contribution >= 4 is 0 Å². The molecule has 0 amide bonds. The number of rotatable bonds is 5. The van der Waals surface area contributed by atoms with Crippen molar-refractivity contribution in [2.24, 2.45) is 5.84 Å². The normalized spacial score (nSPS) is 12.4. The highest BCUT2D eigenvalue weighted by atomic mass is 15.2. The Morgan fingerprint density at radius 2 is 1.60 bits per heavy atom. The average molecular weight is 268 g/mol. The Labute approximate surface area is 122 Å². The monoisotopic (exact) mass is 268 g/mol. The molecular weight excluding hydrogens is 244 g/mol. The van der Waals surface area contributed by atoms with Gasteiger partial charge in [0, 0.05) is 6.04 Å². The molecule has 0 bridgehead atoms. The van der Waals surface area contributed by atoms with E-state index < -0.39 is 0 Å². The van der Waals surface area contributed by atoms with Crippen LogP contribution < -0.4 is 11.3 Å². The Morgan fingerprint density at radius 3 is 2.20 bits per heavy atom. The minimum atomic E-state index is 0.261. The van der Waals surface area contributed by atoms with E-state index in [9.17, 15) is 0 Å². The first-order valence-electron chi connectivity index (χ1n) is 7.16. The number of aryl methyl sites for hydroxylation is 3. The van der Waals surface area contributed by atoms with Gasteiger partial charge in [-0.05, 0) is 50.3 Å². The third-order valence-corrected chi connectivity index (χ3v) is 3.73. The molecule has 0 aromatic heterocycles. The smallest absolute Gasteiger partial charge is 0.0291 e. The van der Waals surface area contributed by atoms with Gasteiger partial charge in [0.2, 0.25) is 0 Å². The van der Waals surface area contributed by atoms with Crippen molar-refractivity contribution in [3.8, 4) is 0 Å². The third kappa shape index (κ3) is 3.92. The first-order chi connectivity index (χ1) is 9.58. The fourth-order valence-corrected chi connectivity index (χ4v) is 2.77. The van der Waals surface area contributed by atoms with Crippen LogP contribution >= 0.6 is 0 Å². The molecular formula is C18H24N2. The largest absolute Gasteiger partial charge is 0.271 e. The van der Waals surface area contributed by atoms with Crippen molar-refractivity contribution in [1.29, 1.82) is 0 Å². The van der Waals surface area contributed by atoms with Crippen LogP contribution in [0.3, 0.4) is 0 Å². The van der Waals surface area contributed by atoms with Gasteiger partial charge in [0.15, 0.2) is 0 Å². The number of hydrogen-bond donors (Lipinski definition) is 2. The quantitative estimate of drug-likeness (QED) is 0.645. The van der Waals surface area contributed by atoms with E-state index in [1.54, 1.807) is 0 Å². The van der Waals surface area contributed by atoms with Gasteiger partial charge in [-0.15, -0.1) is 0 Å². The number of nitrogens with one attached hydrogen (secondary N) is 1. The third-order valence-electron chi connectivity index (χ3n) is 3.73. The average Bonchev–Trinajstić information content (AvgIpc) is 2.39. The van der Waals surface area contributed by atoms with Crippen LogP contribution in [0.1, 0.15) is 27.8 Å². The van der Waals surface area contributed by atoms with Crippen LogP contribution in [0, 0.1) is 20.8 Å². The Morgan fingerprint density at radius 1 is 0.950 bits per heavy atom. The molecule has 0 aliphatic rings. The Bertz CT molecular complexity index is 555. The zero-order valence-corrected chi connectivity index (χ0v) is 12.6. The second kappa shape index (κ2) is 6.69. The summed E-state index contributed by atoms with van der Waals surface area (Å²) in [4.78, 5) is 0. The molecule has 2 nitrogen and oxygen atoms in total. The molecule has 2 heteroatoms. The summed E-state index contributed by atoms with van der Waals surface area (Å²) < 4.78 is 0. The van der Waals surface area contributed by atoms with E-state index in [1.165, 1.54) is 27.8 Å². The molecule has 0 heterocycles. The summed E-state index contributed by atoms with van der Waals surface area (Å²) >= 11 is 0. The van der Waals surface area contributed by atoms with Crippen LogP contribution in [0.2, 0.25) is 0 Å². The zero-order chi connectivity index (χ0) is 14.5. The topological polar surface area (TPSA) is 38.0 Å².